The van der Waals surface area contributed by atoms with Crippen LogP contribution in [0.15, 0.2) is 6.20 Å². The van der Waals surface area contributed by atoms with Gasteiger partial charge in [0, 0.05) is 6.61 Å². The fraction of sp³-hybridized carbons (Fsp3) is 0.692. The van der Waals surface area contributed by atoms with Gasteiger partial charge in [-0.3, -0.25) is 0 Å². The summed E-state index contributed by atoms with van der Waals surface area (Å²) in [6, 6.07) is 0. The van der Waals surface area contributed by atoms with Crippen LogP contribution in [0, 0.1) is 6.92 Å². The third-order valence-corrected chi connectivity index (χ3v) is 4.60. The molecule has 0 saturated heterocycles. The standard InChI is InChI=1S/C13H20N2OSi/c1-3-16-17-13-10(2)12(9-14-15-13)11-7-5-4-6-8-11/h9,11H,3-8H2,1-2H3. The molecule has 0 aliphatic heterocycles. The van der Waals surface area contributed by atoms with E-state index in [1.54, 1.807) is 0 Å². The van der Waals surface area contributed by atoms with E-state index in [1.165, 1.54) is 43.2 Å². The maximum Gasteiger partial charge on any atom is 0.292 e. The molecule has 92 valence electrons. The lowest BCUT2D eigenvalue weighted by Crippen LogP contribution is -2.27. The molecule has 0 unspecified atom stereocenters. The molecule has 1 heterocycles. The summed E-state index contributed by atoms with van der Waals surface area (Å²) in [5, 5.41) is 9.40. The van der Waals surface area contributed by atoms with Gasteiger partial charge in [-0.2, -0.15) is 10.2 Å². The summed E-state index contributed by atoms with van der Waals surface area (Å²) in [6.45, 7) is 4.92. The van der Waals surface area contributed by atoms with E-state index in [-0.39, 0.29) is 0 Å². The molecule has 1 saturated carbocycles. The third kappa shape index (κ3) is 3.13. The molecule has 0 N–H and O–H groups in total. The van der Waals surface area contributed by atoms with Crippen LogP contribution in [0.25, 0.3) is 0 Å². The van der Waals surface area contributed by atoms with Gasteiger partial charge in [0.15, 0.2) is 0 Å². The predicted molar refractivity (Wildman–Crippen MR) is 69.6 cm³/mol. The molecular formula is C13H20N2OSi. The van der Waals surface area contributed by atoms with Gasteiger partial charge in [-0.1, -0.05) is 19.3 Å². The SMILES string of the molecule is CCO[Si]c1nncc(C2CCCCC2)c1C. The van der Waals surface area contributed by atoms with E-state index in [9.17, 15) is 0 Å². The molecule has 4 heteroatoms. The first-order valence-corrected chi connectivity index (χ1v) is 7.43. The highest BCUT2D eigenvalue weighted by Gasteiger charge is 2.19. The summed E-state index contributed by atoms with van der Waals surface area (Å²) in [4.78, 5) is 0. The van der Waals surface area contributed by atoms with Crippen LogP contribution in [0.4, 0.5) is 0 Å². The van der Waals surface area contributed by atoms with Crippen molar-refractivity contribution in [1.82, 2.24) is 10.2 Å². The van der Waals surface area contributed by atoms with Gasteiger partial charge in [-0.25, -0.2) is 0 Å². The summed E-state index contributed by atoms with van der Waals surface area (Å²) in [7, 11) is 0.340. The van der Waals surface area contributed by atoms with Crippen LogP contribution < -0.4 is 5.32 Å². The summed E-state index contributed by atoms with van der Waals surface area (Å²) in [5.74, 6) is 0.699. The molecule has 0 aromatic carbocycles. The average molecular weight is 248 g/mol. The van der Waals surface area contributed by atoms with Crippen molar-refractivity contribution in [2.75, 3.05) is 6.61 Å². The van der Waals surface area contributed by atoms with Crippen molar-refractivity contribution in [1.29, 1.82) is 0 Å². The van der Waals surface area contributed by atoms with Crippen molar-refractivity contribution in [3.05, 3.63) is 17.3 Å². The van der Waals surface area contributed by atoms with Crippen LogP contribution in [0.5, 0.6) is 0 Å². The molecule has 3 nitrogen and oxygen atoms in total. The Kier molecular flexibility index (Phi) is 4.68. The molecule has 1 aliphatic carbocycles. The van der Waals surface area contributed by atoms with Crippen molar-refractivity contribution < 1.29 is 4.43 Å². The second kappa shape index (κ2) is 6.26. The Bertz CT molecular complexity index is 364. The molecule has 1 fully saturated rings. The van der Waals surface area contributed by atoms with Gasteiger partial charge in [-0.15, -0.1) is 0 Å². The van der Waals surface area contributed by atoms with Crippen molar-refractivity contribution in [3.8, 4) is 0 Å². The predicted octanol–water partition coefficient (Wildman–Crippen LogP) is 2.11. The zero-order chi connectivity index (χ0) is 12.1. The quantitative estimate of drug-likeness (QED) is 0.766. The maximum atomic E-state index is 5.47. The molecule has 1 aromatic heterocycles. The fourth-order valence-corrected chi connectivity index (χ4v) is 3.20. The Hall–Kier alpha value is -0.743. The number of rotatable bonds is 4. The van der Waals surface area contributed by atoms with Crippen molar-refractivity contribution in [2.45, 2.75) is 51.9 Å². The molecule has 1 aromatic rings. The second-order valence-corrected chi connectivity index (χ2v) is 5.61. The molecular weight excluding hydrogens is 228 g/mol. The summed E-state index contributed by atoms with van der Waals surface area (Å²) >= 11 is 0. The van der Waals surface area contributed by atoms with E-state index >= 15 is 0 Å². The van der Waals surface area contributed by atoms with E-state index in [0.717, 1.165) is 11.9 Å². The fourth-order valence-electron chi connectivity index (χ4n) is 2.52. The van der Waals surface area contributed by atoms with Crippen LogP contribution in [0.3, 0.4) is 0 Å². The summed E-state index contributed by atoms with van der Waals surface area (Å²) in [5.41, 5.74) is 2.71. The normalized spacial score (nSPS) is 17.3. The lowest BCUT2D eigenvalue weighted by atomic mass is 9.83. The molecule has 0 amide bonds. The Labute approximate surface area is 106 Å². The minimum absolute atomic E-state index is 0.340. The van der Waals surface area contributed by atoms with E-state index < -0.39 is 0 Å². The van der Waals surface area contributed by atoms with Crippen LogP contribution in [-0.2, 0) is 4.43 Å². The van der Waals surface area contributed by atoms with Gasteiger partial charge < -0.3 is 4.43 Å². The van der Waals surface area contributed by atoms with Gasteiger partial charge in [0.05, 0.1) is 11.5 Å². The number of aromatic nitrogens is 2. The number of hydrogen-bond donors (Lipinski definition) is 0. The second-order valence-electron chi connectivity index (χ2n) is 4.64. The minimum Gasteiger partial charge on any atom is -0.410 e. The molecule has 0 spiro atoms. The molecule has 0 bridgehead atoms. The molecule has 0 atom stereocenters. The Morgan fingerprint density at radius 1 is 1.35 bits per heavy atom. The first-order chi connectivity index (χ1) is 8.33. The van der Waals surface area contributed by atoms with Crippen LogP contribution in [-0.4, -0.2) is 26.6 Å². The largest absolute Gasteiger partial charge is 0.410 e. The van der Waals surface area contributed by atoms with Gasteiger partial charge in [0.2, 0.25) is 0 Å². The van der Waals surface area contributed by atoms with Crippen molar-refractivity contribution >= 4 is 15.1 Å². The average Bonchev–Trinajstić information content (AvgIpc) is 2.39. The lowest BCUT2D eigenvalue weighted by Gasteiger charge is -2.23. The minimum atomic E-state index is 0.340. The highest BCUT2D eigenvalue weighted by molar-refractivity contribution is 6.46. The summed E-state index contributed by atoms with van der Waals surface area (Å²) in [6.07, 6.45) is 8.69. The van der Waals surface area contributed by atoms with Gasteiger partial charge in [0.25, 0.3) is 9.76 Å². The number of hydrogen-bond acceptors (Lipinski definition) is 3. The van der Waals surface area contributed by atoms with Crippen molar-refractivity contribution in [2.24, 2.45) is 0 Å². The van der Waals surface area contributed by atoms with Gasteiger partial charge in [0.1, 0.15) is 0 Å². The van der Waals surface area contributed by atoms with E-state index in [1.807, 2.05) is 13.1 Å². The first-order valence-electron chi connectivity index (χ1n) is 6.53. The van der Waals surface area contributed by atoms with Gasteiger partial charge in [-0.05, 0) is 43.7 Å². The van der Waals surface area contributed by atoms with E-state index in [0.29, 0.717) is 15.7 Å². The number of nitrogens with zero attached hydrogens (tertiary/aromatic N) is 2. The zero-order valence-electron chi connectivity index (χ0n) is 10.7. The highest BCUT2D eigenvalue weighted by Crippen LogP contribution is 2.33. The Morgan fingerprint density at radius 2 is 2.12 bits per heavy atom. The first kappa shape index (κ1) is 12.7. The Balaban J connectivity index is 2.15. The van der Waals surface area contributed by atoms with E-state index in [2.05, 4.69) is 17.1 Å². The third-order valence-electron chi connectivity index (χ3n) is 3.50. The van der Waals surface area contributed by atoms with Crippen LogP contribution in [0.2, 0.25) is 0 Å². The highest BCUT2D eigenvalue weighted by atomic mass is 28.2. The van der Waals surface area contributed by atoms with Crippen molar-refractivity contribution in [3.63, 3.8) is 0 Å². The Morgan fingerprint density at radius 3 is 2.82 bits per heavy atom. The van der Waals surface area contributed by atoms with E-state index in [4.69, 9.17) is 4.43 Å². The zero-order valence-corrected chi connectivity index (χ0v) is 11.7. The lowest BCUT2D eigenvalue weighted by molar-refractivity contribution is 0.366. The topological polar surface area (TPSA) is 35.0 Å². The summed E-state index contributed by atoms with van der Waals surface area (Å²) < 4.78 is 5.47. The molecule has 17 heavy (non-hydrogen) atoms. The van der Waals surface area contributed by atoms with Crippen LogP contribution in [0.1, 0.15) is 56.1 Å². The molecule has 2 radical (unpaired) electrons. The van der Waals surface area contributed by atoms with Gasteiger partial charge >= 0.3 is 0 Å². The maximum absolute atomic E-state index is 5.47. The van der Waals surface area contributed by atoms with Crippen LogP contribution >= 0.6 is 0 Å². The molecule has 2 rings (SSSR count). The smallest absolute Gasteiger partial charge is 0.292 e. The monoisotopic (exact) mass is 248 g/mol. The molecule has 1 aliphatic rings.